The zero-order chi connectivity index (χ0) is 13.4. The average Bonchev–Trinajstić information content (AvgIpc) is 3.07. The molecule has 0 aromatic carbocycles. The van der Waals surface area contributed by atoms with E-state index in [-0.39, 0.29) is 42.8 Å². The second kappa shape index (κ2) is 7.47. The first-order chi connectivity index (χ1) is 9.15. The highest BCUT2D eigenvalue weighted by molar-refractivity contribution is 5.85. The van der Waals surface area contributed by atoms with Gasteiger partial charge in [0.15, 0.2) is 0 Å². The van der Waals surface area contributed by atoms with E-state index < -0.39 is 0 Å². The van der Waals surface area contributed by atoms with Crippen LogP contribution in [-0.4, -0.2) is 33.2 Å². The molecule has 1 aromatic rings. The number of aryl methyl sites for hydroxylation is 1. The molecule has 1 aliphatic heterocycles. The molecule has 0 radical (unpaired) electrons. The number of likely N-dealkylation sites (tertiary alicyclic amines) is 1. The van der Waals surface area contributed by atoms with Crippen molar-refractivity contribution >= 4 is 30.7 Å². The third-order valence-electron chi connectivity index (χ3n) is 4.47. The first-order valence-corrected chi connectivity index (χ1v) is 7.20. The maximum atomic E-state index is 12.6. The average molecular weight is 335 g/mol. The summed E-state index contributed by atoms with van der Waals surface area (Å²) in [5, 5.41) is 4.22. The Hall–Kier alpha value is -0.780. The molecule has 3 unspecified atom stereocenters. The molecule has 7 heteroatoms. The fraction of sp³-hybridized carbons (Fsp3) is 0.714. The van der Waals surface area contributed by atoms with Gasteiger partial charge in [-0.3, -0.25) is 9.48 Å². The van der Waals surface area contributed by atoms with E-state index in [1.807, 2.05) is 24.1 Å². The van der Waals surface area contributed by atoms with Gasteiger partial charge in [-0.05, 0) is 32.1 Å². The number of carbonyl (C=O) groups excluding carboxylic acids is 1. The maximum Gasteiger partial charge on any atom is 0.226 e. The van der Waals surface area contributed by atoms with Crippen molar-refractivity contribution in [3.05, 3.63) is 18.0 Å². The lowest BCUT2D eigenvalue weighted by atomic mass is 10.0. The number of hydrogen-bond donors (Lipinski definition) is 1. The monoisotopic (exact) mass is 334 g/mol. The van der Waals surface area contributed by atoms with Crippen molar-refractivity contribution < 1.29 is 4.79 Å². The number of carbonyl (C=O) groups is 1. The topological polar surface area (TPSA) is 64.2 Å². The second-order valence-electron chi connectivity index (χ2n) is 5.91. The molecule has 2 N–H and O–H groups in total. The van der Waals surface area contributed by atoms with Gasteiger partial charge in [-0.15, -0.1) is 24.8 Å². The van der Waals surface area contributed by atoms with Gasteiger partial charge in [0.25, 0.3) is 0 Å². The van der Waals surface area contributed by atoms with E-state index in [1.54, 1.807) is 0 Å². The van der Waals surface area contributed by atoms with Crippen molar-refractivity contribution in [2.75, 3.05) is 6.54 Å². The second-order valence-corrected chi connectivity index (χ2v) is 5.91. The first-order valence-electron chi connectivity index (χ1n) is 7.20. The zero-order valence-corrected chi connectivity index (χ0v) is 13.9. The molecule has 1 amide bonds. The summed E-state index contributed by atoms with van der Waals surface area (Å²) < 4.78 is 1.81. The molecule has 0 spiro atoms. The number of amides is 1. The van der Waals surface area contributed by atoms with Crippen LogP contribution in [0.4, 0.5) is 0 Å². The third kappa shape index (κ3) is 3.71. The van der Waals surface area contributed by atoms with Crippen LogP contribution in [0, 0.1) is 5.92 Å². The van der Waals surface area contributed by atoms with Crippen molar-refractivity contribution in [2.45, 2.75) is 44.2 Å². The van der Waals surface area contributed by atoms with Crippen molar-refractivity contribution in [2.24, 2.45) is 18.7 Å². The van der Waals surface area contributed by atoms with Gasteiger partial charge in [0.2, 0.25) is 5.91 Å². The number of nitrogens with zero attached hydrogens (tertiary/aromatic N) is 3. The van der Waals surface area contributed by atoms with Crippen molar-refractivity contribution in [3.8, 4) is 0 Å². The molecule has 3 rings (SSSR count). The molecule has 21 heavy (non-hydrogen) atoms. The van der Waals surface area contributed by atoms with Crippen LogP contribution < -0.4 is 5.73 Å². The highest BCUT2D eigenvalue weighted by Gasteiger charge is 2.37. The van der Waals surface area contributed by atoms with Gasteiger partial charge in [-0.1, -0.05) is 0 Å². The van der Waals surface area contributed by atoms with E-state index in [4.69, 9.17) is 5.73 Å². The third-order valence-corrected chi connectivity index (χ3v) is 4.47. The largest absolute Gasteiger partial charge is 0.335 e. The standard InChI is InChI=1S/C14H22N4O.2ClH/c1-17-9-11(8-16-17)13-3-2-6-18(13)14(19)10-4-5-12(15)7-10;;/h8-10,12-13H,2-7,15H2,1H3;2*1H. The van der Waals surface area contributed by atoms with Gasteiger partial charge in [0.1, 0.15) is 0 Å². The summed E-state index contributed by atoms with van der Waals surface area (Å²) in [6.45, 7) is 0.879. The summed E-state index contributed by atoms with van der Waals surface area (Å²) in [5.74, 6) is 0.451. The smallest absolute Gasteiger partial charge is 0.226 e. The van der Waals surface area contributed by atoms with E-state index in [0.29, 0.717) is 5.91 Å². The predicted octanol–water partition coefficient (Wildman–Crippen LogP) is 2.05. The van der Waals surface area contributed by atoms with E-state index in [0.717, 1.165) is 44.2 Å². The number of hydrogen-bond acceptors (Lipinski definition) is 3. The Kier molecular flexibility index (Phi) is 6.50. The molecule has 120 valence electrons. The minimum Gasteiger partial charge on any atom is -0.335 e. The van der Waals surface area contributed by atoms with Crippen LogP contribution in [0.15, 0.2) is 12.4 Å². The van der Waals surface area contributed by atoms with Crippen LogP contribution in [0.2, 0.25) is 0 Å². The van der Waals surface area contributed by atoms with Crippen LogP contribution in [-0.2, 0) is 11.8 Å². The summed E-state index contributed by atoms with van der Waals surface area (Å²) in [7, 11) is 1.92. The minimum atomic E-state index is 0. The van der Waals surface area contributed by atoms with Crippen LogP contribution in [0.3, 0.4) is 0 Å². The Balaban J connectivity index is 0.00000110. The number of halogens is 2. The molecular weight excluding hydrogens is 311 g/mol. The predicted molar refractivity (Wildman–Crippen MR) is 86.7 cm³/mol. The number of aromatic nitrogens is 2. The Labute approximate surface area is 138 Å². The molecule has 2 aliphatic rings. The van der Waals surface area contributed by atoms with Gasteiger partial charge in [0.05, 0.1) is 12.2 Å². The van der Waals surface area contributed by atoms with Gasteiger partial charge in [-0.25, -0.2) is 0 Å². The molecule has 5 nitrogen and oxygen atoms in total. The molecule has 1 aromatic heterocycles. The lowest BCUT2D eigenvalue weighted by Crippen LogP contribution is -2.35. The highest BCUT2D eigenvalue weighted by Crippen LogP contribution is 2.35. The number of nitrogens with two attached hydrogens (primary N) is 1. The first kappa shape index (κ1) is 18.3. The molecule has 3 atom stereocenters. The van der Waals surface area contributed by atoms with Gasteiger partial charge < -0.3 is 10.6 Å². The Morgan fingerprint density at radius 2 is 2.10 bits per heavy atom. The Morgan fingerprint density at radius 3 is 2.67 bits per heavy atom. The Bertz CT molecular complexity index is 479. The quantitative estimate of drug-likeness (QED) is 0.900. The lowest BCUT2D eigenvalue weighted by Gasteiger charge is -2.26. The van der Waals surface area contributed by atoms with Crippen LogP contribution in [0.25, 0.3) is 0 Å². The summed E-state index contributed by atoms with van der Waals surface area (Å²) >= 11 is 0. The normalized spacial score (nSPS) is 28.1. The summed E-state index contributed by atoms with van der Waals surface area (Å²) in [5.41, 5.74) is 7.09. The molecular formula is C14H24Cl2N4O. The fourth-order valence-corrected chi connectivity index (χ4v) is 3.46. The summed E-state index contributed by atoms with van der Waals surface area (Å²) in [4.78, 5) is 14.7. The van der Waals surface area contributed by atoms with E-state index >= 15 is 0 Å². The lowest BCUT2D eigenvalue weighted by molar-refractivity contribution is -0.136. The van der Waals surface area contributed by atoms with Gasteiger partial charge in [0, 0.05) is 37.3 Å². The van der Waals surface area contributed by atoms with E-state index in [1.165, 1.54) is 0 Å². The highest BCUT2D eigenvalue weighted by atomic mass is 35.5. The van der Waals surface area contributed by atoms with E-state index in [2.05, 4.69) is 10.00 Å². The molecule has 1 aliphatic carbocycles. The van der Waals surface area contributed by atoms with Crippen LogP contribution >= 0.6 is 24.8 Å². The Morgan fingerprint density at radius 1 is 1.33 bits per heavy atom. The van der Waals surface area contributed by atoms with Gasteiger partial charge >= 0.3 is 0 Å². The molecule has 1 saturated heterocycles. The van der Waals surface area contributed by atoms with Crippen molar-refractivity contribution in [1.82, 2.24) is 14.7 Å². The fourth-order valence-electron chi connectivity index (χ4n) is 3.46. The SMILES string of the molecule is Cl.Cl.Cn1cc(C2CCCN2C(=O)C2CCC(N)C2)cn1. The summed E-state index contributed by atoms with van der Waals surface area (Å²) in [6.07, 6.45) is 8.85. The van der Waals surface area contributed by atoms with Gasteiger partial charge in [-0.2, -0.15) is 5.10 Å². The van der Waals surface area contributed by atoms with Crippen molar-refractivity contribution in [3.63, 3.8) is 0 Å². The number of rotatable bonds is 2. The van der Waals surface area contributed by atoms with E-state index in [9.17, 15) is 4.79 Å². The summed E-state index contributed by atoms with van der Waals surface area (Å²) in [6, 6.07) is 0.436. The minimum absolute atomic E-state index is 0. The van der Waals surface area contributed by atoms with Crippen molar-refractivity contribution in [1.29, 1.82) is 0 Å². The molecule has 2 fully saturated rings. The zero-order valence-electron chi connectivity index (χ0n) is 12.3. The molecule has 0 bridgehead atoms. The maximum absolute atomic E-state index is 12.6. The van der Waals surface area contributed by atoms with Crippen LogP contribution in [0.5, 0.6) is 0 Å². The van der Waals surface area contributed by atoms with Crippen LogP contribution in [0.1, 0.15) is 43.7 Å². The molecule has 1 saturated carbocycles. The molecule has 2 heterocycles.